The van der Waals surface area contributed by atoms with Gasteiger partial charge in [0, 0.05) is 23.9 Å². The van der Waals surface area contributed by atoms with Gasteiger partial charge >= 0.3 is 0 Å². The van der Waals surface area contributed by atoms with Gasteiger partial charge in [-0.05, 0) is 25.7 Å². The lowest BCUT2D eigenvalue weighted by molar-refractivity contribution is 0.446. The van der Waals surface area contributed by atoms with Crippen molar-refractivity contribution < 1.29 is 0 Å². The fraction of sp³-hybridized carbons (Fsp3) is 0.700. The van der Waals surface area contributed by atoms with E-state index in [0.29, 0.717) is 0 Å². The number of thiazole rings is 1. The molecule has 1 aromatic rings. The topological polar surface area (TPSA) is 24.9 Å². The van der Waals surface area contributed by atoms with Gasteiger partial charge in [-0.1, -0.05) is 0 Å². The van der Waals surface area contributed by atoms with Crippen LogP contribution >= 0.6 is 11.3 Å². The number of rotatable bonds is 1. The molecule has 2 nitrogen and oxygen atoms in total. The van der Waals surface area contributed by atoms with E-state index in [-0.39, 0.29) is 0 Å². The molecule has 0 spiro atoms. The van der Waals surface area contributed by atoms with E-state index in [9.17, 15) is 0 Å². The lowest BCUT2D eigenvalue weighted by Gasteiger charge is -2.24. The third kappa shape index (κ3) is 1.30. The molecule has 1 N–H and O–H groups in total. The highest BCUT2D eigenvalue weighted by Gasteiger charge is 2.24. The lowest BCUT2D eigenvalue weighted by atomic mass is 10.0. The first-order chi connectivity index (χ1) is 6.43. The summed E-state index contributed by atoms with van der Waals surface area (Å²) in [7, 11) is 0. The Hall–Kier alpha value is -0.410. The number of aryl methyl sites for hydroxylation is 2. The van der Waals surface area contributed by atoms with E-state index in [2.05, 4.69) is 5.32 Å². The molecule has 1 aliphatic heterocycles. The molecule has 1 fully saturated rings. The number of nitrogens with zero attached hydrogens (tertiary/aromatic N) is 1. The predicted octanol–water partition coefficient (Wildman–Crippen LogP) is 1.71. The van der Waals surface area contributed by atoms with E-state index >= 15 is 0 Å². The van der Waals surface area contributed by atoms with Crippen molar-refractivity contribution in [2.24, 2.45) is 0 Å². The summed E-state index contributed by atoms with van der Waals surface area (Å²) in [5, 5.41) is 4.70. The Kier molecular flexibility index (Phi) is 1.87. The van der Waals surface area contributed by atoms with Crippen molar-refractivity contribution in [3.05, 3.63) is 15.6 Å². The molecule has 0 saturated carbocycles. The minimum atomic E-state index is 0.732. The number of hydrogen-bond donors (Lipinski definition) is 1. The van der Waals surface area contributed by atoms with Gasteiger partial charge in [-0.2, -0.15) is 0 Å². The van der Waals surface area contributed by atoms with Gasteiger partial charge in [0.15, 0.2) is 0 Å². The van der Waals surface area contributed by atoms with E-state index in [4.69, 9.17) is 4.98 Å². The monoisotopic (exact) mass is 194 g/mol. The van der Waals surface area contributed by atoms with Crippen LogP contribution in [0.4, 0.5) is 0 Å². The van der Waals surface area contributed by atoms with E-state index in [1.807, 2.05) is 11.3 Å². The van der Waals surface area contributed by atoms with Crippen LogP contribution in [0, 0.1) is 0 Å². The average molecular weight is 194 g/mol. The predicted molar refractivity (Wildman–Crippen MR) is 54.4 cm³/mol. The minimum Gasteiger partial charge on any atom is -0.315 e. The molecule has 70 valence electrons. The largest absolute Gasteiger partial charge is 0.315 e. The van der Waals surface area contributed by atoms with Crippen LogP contribution in [0.15, 0.2) is 0 Å². The van der Waals surface area contributed by atoms with Crippen LogP contribution in [0.1, 0.15) is 34.3 Å². The van der Waals surface area contributed by atoms with E-state index in [1.54, 1.807) is 4.88 Å². The number of aromatic nitrogens is 1. The van der Waals surface area contributed by atoms with Crippen LogP contribution < -0.4 is 5.32 Å². The summed E-state index contributed by atoms with van der Waals surface area (Å²) in [4.78, 5) is 6.33. The molecule has 1 saturated heterocycles. The Morgan fingerprint density at radius 1 is 1.23 bits per heavy atom. The molecule has 13 heavy (non-hydrogen) atoms. The molecule has 2 aliphatic rings. The van der Waals surface area contributed by atoms with Gasteiger partial charge in [0.1, 0.15) is 0 Å². The maximum atomic E-state index is 4.75. The van der Waals surface area contributed by atoms with Crippen LogP contribution in [0.3, 0.4) is 0 Å². The average Bonchev–Trinajstić information content (AvgIpc) is 2.43. The van der Waals surface area contributed by atoms with Crippen LogP contribution in [-0.2, 0) is 12.8 Å². The molecule has 0 bridgehead atoms. The molecule has 0 aromatic carbocycles. The van der Waals surface area contributed by atoms with Crippen molar-refractivity contribution in [1.82, 2.24) is 10.3 Å². The van der Waals surface area contributed by atoms with Gasteiger partial charge in [-0.25, -0.2) is 4.98 Å². The van der Waals surface area contributed by atoms with Crippen molar-refractivity contribution in [3.8, 4) is 0 Å². The maximum Gasteiger partial charge on any atom is 0.0987 e. The zero-order chi connectivity index (χ0) is 8.67. The third-order valence-corrected chi connectivity index (χ3v) is 4.31. The van der Waals surface area contributed by atoms with Gasteiger partial charge in [0.2, 0.25) is 0 Å². The Bertz CT molecular complexity index is 291. The van der Waals surface area contributed by atoms with Crippen molar-refractivity contribution in [1.29, 1.82) is 0 Å². The maximum absolute atomic E-state index is 4.75. The van der Waals surface area contributed by atoms with E-state index < -0.39 is 0 Å². The first-order valence-electron chi connectivity index (χ1n) is 5.12. The summed E-state index contributed by atoms with van der Waals surface area (Å²) in [6.07, 6.45) is 5.23. The minimum absolute atomic E-state index is 0.732. The molecule has 1 aromatic heterocycles. The molecular formula is C10H14N2S. The highest BCUT2D eigenvalue weighted by Crippen LogP contribution is 2.31. The Morgan fingerprint density at radius 3 is 2.77 bits per heavy atom. The van der Waals surface area contributed by atoms with Crippen molar-refractivity contribution in [2.45, 2.75) is 31.6 Å². The summed E-state index contributed by atoms with van der Waals surface area (Å²) in [5.74, 6) is 0.732. The van der Waals surface area contributed by atoms with Crippen molar-refractivity contribution >= 4 is 11.3 Å². The van der Waals surface area contributed by atoms with Crippen molar-refractivity contribution in [3.63, 3.8) is 0 Å². The Labute approximate surface area is 82.4 Å². The molecule has 0 radical (unpaired) electrons. The fourth-order valence-electron chi connectivity index (χ4n) is 2.01. The molecule has 0 unspecified atom stereocenters. The Morgan fingerprint density at radius 2 is 2.08 bits per heavy atom. The zero-order valence-electron chi connectivity index (χ0n) is 7.68. The summed E-state index contributed by atoms with van der Waals surface area (Å²) in [5.41, 5.74) is 1.41. The van der Waals surface area contributed by atoms with Gasteiger partial charge in [0.25, 0.3) is 0 Å². The molecule has 3 rings (SSSR count). The molecule has 0 amide bonds. The first kappa shape index (κ1) is 7.94. The van der Waals surface area contributed by atoms with Crippen LogP contribution in [0.2, 0.25) is 0 Å². The molecule has 0 atom stereocenters. The summed E-state index contributed by atoms with van der Waals surface area (Å²) in [6, 6.07) is 0. The molecule has 3 heteroatoms. The smallest absolute Gasteiger partial charge is 0.0987 e. The zero-order valence-corrected chi connectivity index (χ0v) is 8.49. The summed E-state index contributed by atoms with van der Waals surface area (Å²) >= 11 is 1.97. The highest BCUT2D eigenvalue weighted by atomic mass is 32.1. The van der Waals surface area contributed by atoms with E-state index in [0.717, 1.165) is 19.0 Å². The fourth-order valence-corrected chi connectivity index (χ4v) is 3.26. The van der Waals surface area contributed by atoms with E-state index in [1.165, 1.54) is 36.4 Å². The van der Waals surface area contributed by atoms with Crippen molar-refractivity contribution in [2.75, 3.05) is 13.1 Å². The second-order valence-electron chi connectivity index (χ2n) is 3.98. The molecule has 2 heterocycles. The van der Waals surface area contributed by atoms with Crippen LogP contribution in [0.5, 0.6) is 0 Å². The van der Waals surface area contributed by atoms with Crippen LogP contribution in [0.25, 0.3) is 0 Å². The third-order valence-electron chi connectivity index (χ3n) is 2.99. The highest BCUT2D eigenvalue weighted by molar-refractivity contribution is 7.11. The second kappa shape index (κ2) is 3.07. The number of fused-ring (bicyclic) bond motifs is 1. The quantitative estimate of drug-likeness (QED) is 0.736. The molecule has 1 aliphatic carbocycles. The van der Waals surface area contributed by atoms with Gasteiger partial charge < -0.3 is 5.32 Å². The number of nitrogens with one attached hydrogen (secondary N) is 1. The first-order valence-corrected chi connectivity index (χ1v) is 5.94. The second-order valence-corrected chi connectivity index (χ2v) is 5.10. The summed E-state index contributed by atoms with van der Waals surface area (Å²) < 4.78 is 0. The normalized spacial score (nSPS) is 22.5. The van der Waals surface area contributed by atoms with Gasteiger partial charge in [-0.3, -0.25) is 0 Å². The van der Waals surface area contributed by atoms with Gasteiger partial charge in [0.05, 0.1) is 10.7 Å². The Balaban J connectivity index is 1.90. The number of hydrogen-bond acceptors (Lipinski definition) is 3. The standard InChI is InChI=1S/C10H14N2S/c1-2-4-9-8(3-1)12-10(13-9)7-5-11-6-7/h7,11H,1-6H2. The summed E-state index contributed by atoms with van der Waals surface area (Å²) in [6.45, 7) is 2.29. The van der Waals surface area contributed by atoms with Gasteiger partial charge in [-0.15, -0.1) is 11.3 Å². The SMILES string of the molecule is C1CCc2sc(C3CNC3)nc2C1. The molecular weight excluding hydrogens is 180 g/mol. The lowest BCUT2D eigenvalue weighted by Crippen LogP contribution is -2.39. The van der Waals surface area contributed by atoms with Crippen LogP contribution in [-0.4, -0.2) is 18.1 Å².